The maximum absolute atomic E-state index is 6.24. The van der Waals surface area contributed by atoms with Gasteiger partial charge in [0.25, 0.3) is 0 Å². The van der Waals surface area contributed by atoms with Gasteiger partial charge in [-0.2, -0.15) is 0 Å². The summed E-state index contributed by atoms with van der Waals surface area (Å²) in [7, 11) is 6.15. The van der Waals surface area contributed by atoms with E-state index in [1.54, 1.807) is 0 Å². The molecule has 1 heterocycles. The van der Waals surface area contributed by atoms with Crippen molar-refractivity contribution in [3.05, 3.63) is 35.9 Å². The van der Waals surface area contributed by atoms with Crippen LogP contribution in [0.4, 0.5) is 0 Å². The average molecular weight is 525 g/mol. The zero-order valence-electron chi connectivity index (χ0n) is 14.4. The monoisotopic (exact) mass is 526 g/mol. The Morgan fingerprint density at radius 1 is 1.00 bits per heavy atom. The molecule has 0 aliphatic carbocycles. The Hall–Kier alpha value is 0.365. The minimum atomic E-state index is -1.19. The van der Waals surface area contributed by atoms with Gasteiger partial charge < -0.3 is 0 Å². The van der Waals surface area contributed by atoms with Crippen molar-refractivity contribution in [3.8, 4) is 0 Å². The summed E-state index contributed by atoms with van der Waals surface area (Å²) in [5.74, 6) is 0. The van der Waals surface area contributed by atoms with Crippen LogP contribution in [0.25, 0.3) is 0 Å². The first-order valence-corrected chi connectivity index (χ1v) is 19.9. The molecule has 0 radical (unpaired) electrons. The molecule has 0 aromatic heterocycles. The van der Waals surface area contributed by atoms with Gasteiger partial charge >= 0.3 is 158 Å². The number of hydrogen-bond donors (Lipinski definition) is 0. The molecule has 1 fully saturated rings. The normalized spacial score (nSPS) is 24.3. The number of unbranched alkanes of at least 4 members (excludes halogenated alkanes) is 5. The van der Waals surface area contributed by atoms with Gasteiger partial charge in [0.15, 0.2) is 0 Å². The molecule has 1 aromatic carbocycles. The number of benzene rings is 1. The summed E-state index contributed by atoms with van der Waals surface area (Å²) in [6.07, 6.45) is 10.7. The average Bonchev–Trinajstić information content (AvgIpc) is 2.59. The van der Waals surface area contributed by atoms with Crippen LogP contribution < -0.4 is 0 Å². The van der Waals surface area contributed by atoms with Gasteiger partial charge in [0.2, 0.25) is 0 Å². The Labute approximate surface area is 157 Å². The predicted octanol–water partition coefficient (Wildman–Crippen LogP) is 6.26. The van der Waals surface area contributed by atoms with Crippen LogP contribution in [0.5, 0.6) is 0 Å². The molecule has 4 heteroatoms. The van der Waals surface area contributed by atoms with Crippen molar-refractivity contribution >= 4 is 8.25 Å². The van der Waals surface area contributed by atoms with E-state index in [-0.39, 0.29) is 6.29 Å². The van der Waals surface area contributed by atoms with Crippen molar-refractivity contribution in [2.24, 2.45) is 0 Å². The maximum atomic E-state index is 6.24. The molecule has 2 rings (SSSR count). The second-order valence-electron chi connectivity index (χ2n) is 6.53. The van der Waals surface area contributed by atoms with E-state index in [1.807, 2.05) is 6.07 Å². The molecule has 1 aliphatic heterocycles. The minimum absolute atomic E-state index is 0.198. The van der Waals surface area contributed by atoms with Crippen molar-refractivity contribution in [1.29, 1.82) is 0 Å². The summed E-state index contributed by atoms with van der Waals surface area (Å²) >= 11 is -1.19. The molecule has 126 valence electrons. The molecule has 0 N–H and O–H groups in total. The van der Waals surface area contributed by atoms with E-state index >= 15 is 0 Å². The van der Waals surface area contributed by atoms with Crippen molar-refractivity contribution in [2.45, 2.75) is 80.7 Å². The summed E-state index contributed by atoms with van der Waals surface area (Å²) < 4.78 is 13.5. The quantitative estimate of drug-likeness (QED) is 0.265. The Morgan fingerprint density at radius 3 is 2.43 bits per heavy atom. The first-order chi connectivity index (χ1) is 11.3. The first kappa shape index (κ1) is 19.7. The molecule has 0 bridgehead atoms. The molecule has 0 spiro atoms. The Bertz CT molecular complexity index is 415. The third kappa shape index (κ3) is 7.42. The second-order valence-corrected chi connectivity index (χ2v) is 13.6. The first-order valence-electron chi connectivity index (χ1n) is 9.25. The van der Waals surface area contributed by atoms with Crippen LogP contribution >= 0.6 is 8.25 Å². The standard InChI is InChI=1S/C19H29O2.ClH.Hg/c1-3-4-5-6-7-11-14-18-15-16(2)20-19(21-18)17-12-9-8-10-13-17;;/h8-10,12-13,16,18-19H,2-7,11,14-15H2,1H3;1H;/q;;+1/p-1/t16-,18+,19?;;/m1../s1. The summed E-state index contributed by atoms with van der Waals surface area (Å²) in [6.45, 7) is 2.27. The molecular formula is C19H29ClHgO2. The van der Waals surface area contributed by atoms with Crippen LogP contribution in [0.3, 0.4) is 0 Å². The second kappa shape index (κ2) is 11.8. The molecular weight excluding hydrogens is 496 g/mol. The van der Waals surface area contributed by atoms with Crippen molar-refractivity contribution in [1.82, 2.24) is 0 Å². The van der Waals surface area contributed by atoms with Crippen LogP contribution in [-0.2, 0) is 32.8 Å². The molecule has 1 aromatic rings. The zero-order valence-corrected chi connectivity index (χ0v) is 20.6. The third-order valence-electron chi connectivity index (χ3n) is 4.54. The van der Waals surface area contributed by atoms with E-state index in [1.165, 1.54) is 38.5 Å². The number of rotatable bonds is 10. The molecule has 0 saturated carbocycles. The Morgan fingerprint density at radius 2 is 1.70 bits per heavy atom. The molecule has 3 atom stereocenters. The number of halogens is 1. The van der Waals surface area contributed by atoms with Crippen LogP contribution in [0, 0.1) is 0 Å². The molecule has 2 nitrogen and oxygen atoms in total. The van der Waals surface area contributed by atoms with Gasteiger partial charge in [-0.3, -0.25) is 0 Å². The topological polar surface area (TPSA) is 18.5 Å². The van der Waals surface area contributed by atoms with Gasteiger partial charge in [-0.05, 0) is 0 Å². The molecule has 1 saturated heterocycles. The van der Waals surface area contributed by atoms with Gasteiger partial charge in [0.05, 0.1) is 0 Å². The fourth-order valence-corrected chi connectivity index (χ4v) is 7.73. The Kier molecular flexibility index (Phi) is 10.1. The molecule has 1 unspecified atom stereocenters. The van der Waals surface area contributed by atoms with Gasteiger partial charge in [-0.1, -0.05) is 0 Å². The predicted molar refractivity (Wildman–Crippen MR) is 92.2 cm³/mol. The third-order valence-corrected chi connectivity index (χ3v) is 9.81. The van der Waals surface area contributed by atoms with Gasteiger partial charge in [0.1, 0.15) is 0 Å². The van der Waals surface area contributed by atoms with Gasteiger partial charge in [0, 0.05) is 0 Å². The SMILES string of the molecule is CCCCCCCC[C@H]1C[C@@H]([CH2][Hg][Cl])OC(c2ccccc2)O1. The fraction of sp³-hybridized carbons (Fsp3) is 0.684. The van der Waals surface area contributed by atoms with Gasteiger partial charge in [-0.25, -0.2) is 0 Å². The van der Waals surface area contributed by atoms with Crippen molar-refractivity contribution in [3.63, 3.8) is 0 Å². The zero-order chi connectivity index (χ0) is 16.3. The van der Waals surface area contributed by atoms with E-state index in [2.05, 4.69) is 31.2 Å². The summed E-state index contributed by atoms with van der Waals surface area (Å²) in [5, 5.41) is 0. The summed E-state index contributed by atoms with van der Waals surface area (Å²) in [6, 6.07) is 10.3. The fourth-order valence-electron chi connectivity index (χ4n) is 3.20. The molecule has 1 aliphatic rings. The summed E-state index contributed by atoms with van der Waals surface area (Å²) in [5.41, 5.74) is 1.14. The van der Waals surface area contributed by atoms with Crippen LogP contribution in [0.15, 0.2) is 30.3 Å². The van der Waals surface area contributed by atoms with E-state index in [9.17, 15) is 0 Å². The van der Waals surface area contributed by atoms with E-state index in [0.29, 0.717) is 12.2 Å². The molecule has 0 amide bonds. The summed E-state index contributed by atoms with van der Waals surface area (Å²) in [4.78, 5) is 0. The van der Waals surface area contributed by atoms with Crippen molar-refractivity contribution in [2.75, 3.05) is 0 Å². The van der Waals surface area contributed by atoms with Crippen LogP contribution in [-0.4, -0.2) is 12.2 Å². The van der Waals surface area contributed by atoms with Crippen molar-refractivity contribution < 1.29 is 32.8 Å². The molecule has 23 heavy (non-hydrogen) atoms. The number of ether oxygens (including phenoxy) is 2. The Balaban J connectivity index is 1.81. The van der Waals surface area contributed by atoms with Crippen LogP contribution in [0.2, 0.25) is 3.93 Å². The van der Waals surface area contributed by atoms with E-state index in [0.717, 1.165) is 22.3 Å². The van der Waals surface area contributed by atoms with Crippen LogP contribution in [0.1, 0.15) is 70.1 Å². The number of hydrogen-bond acceptors (Lipinski definition) is 2. The van der Waals surface area contributed by atoms with Gasteiger partial charge in [-0.15, -0.1) is 0 Å². The van der Waals surface area contributed by atoms with E-state index < -0.39 is 23.3 Å². The van der Waals surface area contributed by atoms with E-state index in [4.69, 9.17) is 17.7 Å².